The van der Waals surface area contributed by atoms with Gasteiger partial charge in [-0.1, -0.05) is 35.8 Å². The highest BCUT2D eigenvalue weighted by atomic mass is 79.9. The van der Waals surface area contributed by atoms with Crippen LogP contribution in [-0.4, -0.2) is 19.1 Å². The van der Waals surface area contributed by atoms with Crippen LogP contribution < -0.4 is 10.2 Å². The zero-order chi connectivity index (χ0) is 13.0. The third kappa shape index (κ3) is 4.32. The highest BCUT2D eigenvalue weighted by Crippen LogP contribution is 2.25. The number of nitrogens with one attached hydrogen (secondary N) is 1. The first kappa shape index (κ1) is 14.5. The molecular formula is C14H23BrN2. The normalized spacial score (nSPS) is 11.3. The molecule has 3 heteroatoms. The lowest BCUT2D eigenvalue weighted by molar-refractivity contribution is 0.587. The maximum absolute atomic E-state index is 3.55. The molecule has 0 heterocycles. The fourth-order valence-corrected chi connectivity index (χ4v) is 1.96. The Morgan fingerprint density at radius 3 is 2.41 bits per heavy atom. The van der Waals surface area contributed by atoms with E-state index >= 15 is 0 Å². The van der Waals surface area contributed by atoms with Gasteiger partial charge in [0, 0.05) is 35.8 Å². The third-order valence-corrected chi connectivity index (χ3v) is 3.40. The summed E-state index contributed by atoms with van der Waals surface area (Å²) in [5.41, 5.74) is 2.64. The topological polar surface area (TPSA) is 15.3 Å². The summed E-state index contributed by atoms with van der Waals surface area (Å²) in [6.07, 6.45) is 0. The summed E-state index contributed by atoms with van der Waals surface area (Å²) < 4.78 is 1.13. The number of hydrogen-bond donors (Lipinski definition) is 1. The third-order valence-electron chi connectivity index (χ3n) is 2.90. The van der Waals surface area contributed by atoms with Crippen LogP contribution in [0.5, 0.6) is 0 Å². The maximum atomic E-state index is 3.55. The lowest BCUT2D eigenvalue weighted by Gasteiger charge is -2.27. The fourth-order valence-electron chi connectivity index (χ4n) is 1.61. The molecule has 1 N–H and O–H groups in total. The van der Waals surface area contributed by atoms with Gasteiger partial charge in [-0.25, -0.2) is 0 Å². The summed E-state index contributed by atoms with van der Waals surface area (Å²) in [5.74, 6) is 0. The first-order chi connectivity index (χ1) is 7.91. The van der Waals surface area contributed by atoms with Crippen molar-refractivity contribution >= 4 is 21.6 Å². The Bertz CT molecular complexity index is 361. The molecule has 0 aromatic heterocycles. The van der Waals surface area contributed by atoms with E-state index in [4.69, 9.17) is 0 Å². The van der Waals surface area contributed by atoms with Gasteiger partial charge in [0.25, 0.3) is 0 Å². The van der Waals surface area contributed by atoms with Crippen LogP contribution in [0, 0.1) is 0 Å². The maximum Gasteiger partial charge on any atom is 0.0422 e. The van der Waals surface area contributed by atoms with E-state index in [2.05, 4.69) is 79.1 Å². The molecule has 0 radical (unpaired) electrons. The van der Waals surface area contributed by atoms with Crippen molar-refractivity contribution in [1.82, 2.24) is 5.32 Å². The molecular weight excluding hydrogens is 276 g/mol. The van der Waals surface area contributed by atoms with Crippen molar-refractivity contribution < 1.29 is 0 Å². The van der Waals surface area contributed by atoms with Crippen molar-refractivity contribution in [3.05, 3.63) is 28.2 Å². The van der Waals surface area contributed by atoms with E-state index in [1.807, 2.05) is 0 Å². The van der Waals surface area contributed by atoms with Gasteiger partial charge < -0.3 is 10.2 Å². The molecule has 17 heavy (non-hydrogen) atoms. The molecule has 2 nitrogen and oxygen atoms in total. The number of hydrogen-bond acceptors (Lipinski definition) is 2. The van der Waals surface area contributed by atoms with Gasteiger partial charge in [0.05, 0.1) is 0 Å². The van der Waals surface area contributed by atoms with Crippen molar-refractivity contribution in [2.75, 3.05) is 11.9 Å². The number of nitrogens with zero attached hydrogens (tertiary/aromatic N) is 1. The molecule has 0 bridgehead atoms. The van der Waals surface area contributed by atoms with Crippen LogP contribution in [0.25, 0.3) is 0 Å². The van der Waals surface area contributed by atoms with Crippen LogP contribution in [-0.2, 0) is 6.54 Å². The first-order valence-corrected chi connectivity index (χ1v) is 6.95. The highest BCUT2D eigenvalue weighted by Gasteiger charge is 2.11. The predicted molar refractivity (Wildman–Crippen MR) is 79.7 cm³/mol. The number of halogens is 1. The van der Waals surface area contributed by atoms with Gasteiger partial charge in [0.15, 0.2) is 0 Å². The second kappa shape index (κ2) is 6.41. The lowest BCUT2D eigenvalue weighted by atomic mass is 10.1. The Morgan fingerprint density at radius 2 is 1.88 bits per heavy atom. The Balaban J connectivity index is 2.95. The number of rotatable bonds is 5. The summed E-state index contributed by atoms with van der Waals surface area (Å²) in [4.78, 5) is 2.31. The molecule has 0 fully saturated rings. The molecule has 0 saturated heterocycles. The second-order valence-electron chi connectivity index (χ2n) is 5.01. The van der Waals surface area contributed by atoms with Gasteiger partial charge in [0.1, 0.15) is 0 Å². The SMILES string of the molecule is CC(C)NCc1ccc(Br)cc1N(C)C(C)C. The predicted octanol–water partition coefficient (Wildman–Crippen LogP) is 3.79. The molecule has 0 aliphatic carbocycles. The van der Waals surface area contributed by atoms with Crippen molar-refractivity contribution in [3.63, 3.8) is 0 Å². The average molecular weight is 299 g/mol. The van der Waals surface area contributed by atoms with Crippen molar-refractivity contribution in [2.45, 2.75) is 46.3 Å². The van der Waals surface area contributed by atoms with Crippen LogP contribution in [0.3, 0.4) is 0 Å². The minimum atomic E-state index is 0.502. The Labute approximate surface area is 114 Å². The van der Waals surface area contributed by atoms with Crippen molar-refractivity contribution in [2.24, 2.45) is 0 Å². The molecule has 96 valence electrons. The van der Waals surface area contributed by atoms with Crippen molar-refractivity contribution in [3.8, 4) is 0 Å². The van der Waals surface area contributed by atoms with E-state index in [1.54, 1.807) is 0 Å². The molecule has 1 rings (SSSR count). The van der Waals surface area contributed by atoms with Gasteiger partial charge in [-0.3, -0.25) is 0 Å². The molecule has 1 aromatic carbocycles. The van der Waals surface area contributed by atoms with Crippen LogP contribution in [0.1, 0.15) is 33.3 Å². The highest BCUT2D eigenvalue weighted by molar-refractivity contribution is 9.10. The lowest BCUT2D eigenvalue weighted by Crippen LogP contribution is -2.28. The standard InChI is InChI=1S/C14H23BrN2/c1-10(2)16-9-12-6-7-13(15)8-14(12)17(5)11(3)4/h6-8,10-11,16H,9H2,1-5H3. The smallest absolute Gasteiger partial charge is 0.0422 e. The Hall–Kier alpha value is -0.540. The van der Waals surface area contributed by atoms with Gasteiger partial charge in [-0.05, 0) is 31.5 Å². The molecule has 0 aliphatic rings. The van der Waals surface area contributed by atoms with Crippen molar-refractivity contribution in [1.29, 1.82) is 0 Å². The van der Waals surface area contributed by atoms with Crippen LogP contribution in [0.2, 0.25) is 0 Å². The number of benzene rings is 1. The first-order valence-electron chi connectivity index (χ1n) is 6.16. The summed E-state index contributed by atoms with van der Waals surface area (Å²) >= 11 is 3.55. The second-order valence-corrected chi connectivity index (χ2v) is 5.93. The molecule has 1 aromatic rings. The zero-order valence-corrected chi connectivity index (χ0v) is 13.0. The minimum Gasteiger partial charge on any atom is -0.372 e. The Kier molecular flexibility index (Phi) is 5.47. The monoisotopic (exact) mass is 298 g/mol. The fraction of sp³-hybridized carbons (Fsp3) is 0.571. The number of anilines is 1. The van der Waals surface area contributed by atoms with Crippen LogP contribution in [0.4, 0.5) is 5.69 Å². The van der Waals surface area contributed by atoms with E-state index in [1.165, 1.54) is 11.3 Å². The summed E-state index contributed by atoms with van der Waals surface area (Å²) in [6.45, 7) is 9.67. The van der Waals surface area contributed by atoms with Gasteiger partial charge in [0.2, 0.25) is 0 Å². The van der Waals surface area contributed by atoms with E-state index in [9.17, 15) is 0 Å². The molecule has 0 aliphatic heterocycles. The minimum absolute atomic E-state index is 0.502. The van der Waals surface area contributed by atoms with Gasteiger partial charge in [-0.2, -0.15) is 0 Å². The van der Waals surface area contributed by atoms with Gasteiger partial charge >= 0.3 is 0 Å². The summed E-state index contributed by atoms with van der Waals surface area (Å²) in [5, 5.41) is 3.47. The summed E-state index contributed by atoms with van der Waals surface area (Å²) in [6, 6.07) is 7.50. The van der Waals surface area contributed by atoms with E-state index in [0.29, 0.717) is 12.1 Å². The molecule has 0 amide bonds. The zero-order valence-electron chi connectivity index (χ0n) is 11.4. The largest absolute Gasteiger partial charge is 0.372 e. The molecule has 0 atom stereocenters. The van der Waals surface area contributed by atoms with E-state index in [-0.39, 0.29) is 0 Å². The Morgan fingerprint density at radius 1 is 1.24 bits per heavy atom. The van der Waals surface area contributed by atoms with E-state index in [0.717, 1.165) is 11.0 Å². The van der Waals surface area contributed by atoms with E-state index < -0.39 is 0 Å². The summed E-state index contributed by atoms with van der Waals surface area (Å²) in [7, 11) is 2.14. The van der Waals surface area contributed by atoms with Crippen LogP contribution >= 0.6 is 15.9 Å². The molecule has 0 saturated carbocycles. The van der Waals surface area contributed by atoms with Crippen LogP contribution in [0.15, 0.2) is 22.7 Å². The van der Waals surface area contributed by atoms with Gasteiger partial charge in [-0.15, -0.1) is 0 Å². The molecule has 0 spiro atoms. The quantitative estimate of drug-likeness (QED) is 0.890. The average Bonchev–Trinajstić information content (AvgIpc) is 2.26. The molecule has 0 unspecified atom stereocenters.